The Kier molecular flexibility index (Phi) is 6.25. The van der Waals surface area contributed by atoms with Crippen LogP contribution in [0.25, 0.3) is 6.08 Å². The number of hydrogen-bond donors (Lipinski definition) is 0. The van der Waals surface area contributed by atoms with Crippen LogP contribution < -0.4 is 0 Å². The molecule has 0 unspecified atom stereocenters. The molecule has 0 amide bonds. The van der Waals surface area contributed by atoms with Crippen molar-refractivity contribution in [2.24, 2.45) is 0 Å². The molecule has 0 radical (unpaired) electrons. The number of aryl methyl sites for hydroxylation is 1. The summed E-state index contributed by atoms with van der Waals surface area (Å²) in [7, 11) is 2.09. The molecule has 3 atom stereocenters. The molecular formula is C25H31NO3. The summed E-state index contributed by atoms with van der Waals surface area (Å²) in [5, 5.41) is 0. The predicted octanol–water partition coefficient (Wildman–Crippen LogP) is 5.44. The molecule has 4 heteroatoms. The van der Waals surface area contributed by atoms with Gasteiger partial charge in [-0.05, 0) is 64.4 Å². The Bertz CT molecular complexity index is 883. The zero-order chi connectivity index (χ0) is 21.2. The average molecular weight is 394 g/mol. The van der Waals surface area contributed by atoms with E-state index in [-0.39, 0.29) is 24.3 Å². The molecule has 4 nitrogen and oxygen atoms in total. The second-order valence-corrected chi connectivity index (χ2v) is 8.67. The fraction of sp³-hybridized carbons (Fsp3) is 0.400. The molecule has 0 aliphatic carbocycles. The second kappa shape index (κ2) is 8.52. The molecule has 3 rings (SSSR count). The minimum atomic E-state index is -0.511. The Balaban J connectivity index is 1.89. The van der Waals surface area contributed by atoms with E-state index in [1.54, 1.807) is 0 Å². The number of hydrogen-bond acceptors (Lipinski definition) is 4. The summed E-state index contributed by atoms with van der Waals surface area (Å²) in [4.78, 5) is 14.4. The van der Waals surface area contributed by atoms with Gasteiger partial charge in [0.2, 0.25) is 0 Å². The first-order chi connectivity index (χ1) is 13.7. The number of carbonyl (C=O) groups excluding carboxylic acids is 1. The third kappa shape index (κ3) is 4.95. The average Bonchev–Trinajstić information content (AvgIpc) is 2.95. The highest BCUT2D eigenvalue weighted by Gasteiger charge is 2.39. The molecule has 29 heavy (non-hydrogen) atoms. The molecule has 0 spiro atoms. The summed E-state index contributed by atoms with van der Waals surface area (Å²) in [6, 6.07) is 16.7. The molecule has 1 fully saturated rings. The third-order valence-corrected chi connectivity index (χ3v) is 5.27. The Labute approximate surface area is 174 Å². The molecule has 0 bridgehead atoms. The van der Waals surface area contributed by atoms with Crippen molar-refractivity contribution < 1.29 is 14.3 Å². The van der Waals surface area contributed by atoms with E-state index >= 15 is 0 Å². The fourth-order valence-corrected chi connectivity index (χ4v) is 3.70. The largest absolute Gasteiger partial charge is 0.457 e. The smallest absolute Gasteiger partial charge is 0.331 e. The molecule has 0 aromatic heterocycles. The summed E-state index contributed by atoms with van der Waals surface area (Å²) in [6.07, 6.45) is 3.16. The number of ether oxygens (including phenoxy) is 2. The van der Waals surface area contributed by atoms with E-state index in [0.29, 0.717) is 0 Å². The highest BCUT2D eigenvalue weighted by atomic mass is 16.6. The van der Waals surface area contributed by atoms with Crippen molar-refractivity contribution in [3.05, 3.63) is 76.9 Å². The number of rotatable bonds is 4. The van der Waals surface area contributed by atoms with Gasteiger partial charge in [-0.25, -0.2) is 4.79 Å². The molecule has 2 aromatic carbocycles. The molecule has 1 saturated heterocycles. The first-order valence-electron chi connectivity index (χ1n) is 10.1. The lowest BCUT2D eigenvalue weighted by molar-refractivity contribution is -0.148. The van der Waals surface area contributed by atoms with Crippen molar-refractivity contribution in [2.45, 2.75) is 58.6 Å². The maximum absolute atomic E-state index is 12.2. The van der Waals surface area contributed by atoms with E-state index in [4.69, 9.17) is 9.47 Å². The van der Waals surface area contributed by atoms with Crippen LogP contribution in [0.2, 0.25) is 0 Å². The van der Waals surface area contributed by atoms with Gasteiger partial charge in [0, 0.05) is 17.7 Å². The Morgan fingerprint density at radius 3 is 2.45 bits per heavy atom. The van der Waals surface area contributed by atoms with Crippen LogP contribution in [0.3, 0.4) is 0 Å². The third-order valence-electron chi connectivity index (χ3n) is 5.27. The number of esters is 1. The highest BCUT2D eigenvalue weighted by molar-refractivity contribution is 5.88. The Morgan fingerprint density at radius 1 is 1.10 bits per heavy atom. The van der Waals surface area contributed by atoms with E-state index in [1.807, 2.05) is 64.1 Å². The monoisotopic (exact) mass is 393 g/mol. The van der Waals surface area contributed by atoms with E-state index < -0.39 is 5.60 Å². The van der Waals surface area contributed by atoms with Gasteiger partial charge in [-0.3, -0.25) is 4.90 Å². The number of benzene rings is 2. The van der Waals surface area contributed by atoms with E-state index in [2.05, 4.69) is 37.1 Å². The van der Waals surface area contributed by atoms with Crippen molar-refractivity contribution in [3.8, 4) is 0 Å². The van der Waals surface area contributed by atoms with Gasteiger partial charge in [-0.15, -0.1) is 0 Å². The zero-order valence-corrected chi connectivity index (χ0v) is 18.2. The van der Waals surface area contributed by atoms with Crippen molar-refractivity contribution in [2.75, 3.05) is 7.05 Å². The summed E-state index contributed by atoms with van der Waals surface area (Å²) in [5.41, 5.74) is 3.81. The fourth-order valence-electron chi connectivity index (χ4n) is 3.70. The summed E-state index contributed by atoms with van der Waals surface area (Å²) in [6.45, 7) is 9.83. The topological polar surface area (TPSA) is 38.8 Å². The van der Waals surface area contributed by atoms with Gasteiger partial charge in [0.05, 0.1) is 0 Å². The van der Waals surface area contributed by atoms with Gasteiger partial charge in [0.15, 0.2) is 0 Å². The van der Waals surface area contributed by atoms with Crippen LogP contribution in [0.1, 0.15) is 62.3 Å². The number of nitrogens with zero attached hydrogens (tertiary/aromatic N) is 1. The minimum absolute atomic E-state index is 0.00519. The first kappa shape index (κ1) is 21.3. The molecule has 1 heterocycles. The van der Waals surface area contributed by atoms with Crippen LogP contribution in [0, 0.1) is 6.92 Å². The molecule has 154 valence electrons. The predicted molar refractivity (Wildman–Crippen MR) is 116 cm³/mol. The summed E-state index contributed by atoms with van der Waals surface area (Å²) >= 11 is 0. The van der Waals surface area contributed by atoms with E-state index in [9.17, 15) is 4.79 Å². The van der Waals surface area contributed by atoms with Crippen molar-refractivity contribution in [3.63, 3.8) is 0 Å². The second-order valence-electron chi connectivity index (χ2n) is 8.67. The molecule has 2 aromatic rings. The van der Waals surface area contributed by atoms with Gasteiger partial charge in [-0.1, -0.05) is 48.5 Å². The van der Waals surface area contributed by atoms with Crippen LogP contribution in [0.5, 0.6) is 0 Å². The van der Waals surface area contributed by atoms with Gasteiger partial charge in [0.1, 0.15) is 17.9 Å². The lowest BCUT2D eigenvalue weighted by atomic mass is 9.99. The molecule has 0 saturated carbocycles. The molecule has 0 N–H and O–H groups in total. The molecule has 1 aliphatic heterocycles. The highest BCUT2D eigenvalue weighted by Crippen LogP contribution is 2.42. The summed E-state index contributed by atoms with van der Waals surface area (Å²) in [5.74, 6) is -0.345. The molecule has 1 aliphatic rings. The van der Waals surface area contributed by atoms with Crippen LogP contribution in [-0.2, 0) is 14.3 Å². The SMILES string of the molecule is Cc1cccc([C@@H]2O[C@@H](c3ccccc3)[C@H](C)N2C)c1/C=C/C(=O)OC(C)(C)C. The first-order valence-corrected chi connectivity index (χ1v) is 10.1. The number of carbonyl (C=O) groups is 1. The zero-order valence-electron chi connectivity index (χ0n) is 18.2. The standard InChI is InChI=1S/C25H31NO3/c1-17-11-10-14-21(20(17)15-16-22(27)29-25(3,4)5)24-26(6)18(2)23(28-24)19-12-8-7-9-13-19/h7-16,18,23-24H,1-6H3/b16-15+/t18-,23+,24-/m0/s1. The van der Waals surface area contributed by atoms with Gasteiger partial charge >= 0.3 is 5.97 Å². The Hall–Kier alpha value is -2.43. The van der Waals surface area contributed by atoms with E-state index in [1.165, 1.54) is 11.6 Å². The van der Waals surface area contributed by atoms with Crippen LogP contribution in [0.4, 0.5) is 0 Å². The van der Waals surface area contributed by atoms with Gasteiger partial charge in [0.25, 0.3) is 0 Å². The Morgan fingerprint density at radius 2 is 1.79 bits per heavy atom. The van der Waals surface area contributed by atoms with E-state index in [0.717, 1.165) is 16.7 Å². The van der Waals surface area contributed by atoms with Crippen molar-refractivity contribution in [1.29, 1.82) is 0 Å². The van der Waals surface area contributed by atoms with Crippen LogP contribution in [-0.4, -0.2) is 29.6 Å². The molecular weight excluding hydrogens is 362 g/mol. The maximum atomic E-state index is 12.2. The normalized spacial score (nSPS) is 22.9. The van der Waals surface area contributed by atoms with Gasteiger partial charge in [-0.2, -0.15) is 0 Å². The van der Waals surface area contributed by atoms with Crippen molar-refractivity contribution in [1.82, 2.24) is 4.90 Å². The summed E-state index contributed by atoms with van der Waals surface area (Å²) < 4.78 is 11.9. The van der Waals surface area contributed by atoms with Crippen LogP contribution >= 0.6 is 0 Å². The maximum Gasteiger partial charge on any atom is 0.331 e. The number of likely N-dealkylation sites (N-methyl/N-ethyl adjacent to an activating group) is 1. The lowest BCUT2D eigenvalue weighted by Gasteiger charge is -2.23. The quantitative estimate of drug-likeness (QED) is 0.512. The van der Waals surface area contributed by atoms with Crippen LogP contribution in [0.15, 0.2) is 54.6 Å². The van der Waals surface area contributed by atoms with Crippen molar-refractivity contribution >= 4 is 12.0 Å². The lowest BCUT2D eigenvalue weighted by Crippen LogP contribution is -2.27. The van der Waals surface area contributed by atoms with Gasteiger partial charge < -0.3 is 9.47 Å². The minimum Gasteiger partial charge on any atom is -0.457 e.